The average Bonchev–Trinajstić information content (AvgIpc) is 3.52. The van der Waals surface area contributed by atoms with Crippen LogP contribution in [0.3, 0.4) is 0 Å². The van der Waals surface area contributed by atoms with Crippen molar-refractivity contribution in [3.8, 4) is 33.4 Å². The van der Waals surface area contributed by atoms with Crippen molar-refractivity contribution >= 4 is 0 Å². The van der Waals surface area contributed by atoms with Crippen LogP contribution < -0.4 is 24.8 Å². The second kappa shape index (κ2) is 11.5. The summed E-state index contributed by atoms with van der Waals surface area (Å²) in [5.74, 6) is 0. The summed E-state index contributed by atoms with van der Waals surface area (Å²) in [4.78, 5) is 0. The summed E-state index contributed by atoms with van der Waals surface area (Å²) in [6.45, 7) is 0. The van der Waals surface area contributed by atoms with Gasteiger partial charge < -0.3 is 24.8 Å². The summed E-state index contributed by atoms with van der Waals surface area (Å²) in [5, 5.41) is 0. The smallest absolute Gasteiger partial charge is 1.00 e. The van der Waals surface area contributed by atoms with Crippen LogP contribution in [0.4, 0.5) is 0 Å². The summed E-state index contributed by atoms with van der Waals surface area (Å²) in [7, 11) is 0. The van der Waals surface area contributed by atoms with Crippen LogP contribution in [0.2, 0.25) is 9.26 Å². The van der Waals surface area contributed by atoms with E-state index >= 15 is 0 Å². The number of rotatable bonds is 4. The topological polar surface area (TPSA) is 0 Å². The quantitative estimate of drug-likeness (QED) is 0.339. The fraction of sp³-hybridized carbons (Fsp3) is 0.152. The first-order chi connectivity index (χ1) is 16.1. The maximum absolute atomic E-state index is 2.72. The first-order valence-electron chi connectivity index (χ1n) is 11.9. The molecule has 0 radical (unpaired) electrons. The molecule has 0 nitrogen and oxygen atoms in total. The van der Waals surface area contributed by atoms with Crippen LogP contribution in [0.1, 0.15) is 28.6 Å². The molecule has 2 aliphatic rings. The van der Waals surface area contributed by atoms with Gasteiger partial charge in [-0.1, -0.05) is 7.43 Å². The summed E-state index contributed by atoms with van der Waals surface area (Å²) in [5.41, 5.74) is 11.2. The Hall–Kier alpha value is -2.18. The molecule has 0 saturated carbocycles. The molecule has 0 fully saturated rings. The van der Waals surface area contributed by atoms with E-state index in [2.05, 4.69) is 125 Å². The third kappa shape index (κ3) is 4.87. The molecular weight excluding hydrogens is 558 g/mol. The maximum Gasteiger partial charge on any atom is -1.00 e. The van der Waals surface area contributed by atoms with Crippen molar-refractivity contribution in [2.24, 2.45) is 0 Å². The molecule has 0 bridgehead atoms. The molecule has 36 heavy (non-hydrogen) atoms. The van der Waals surface area contributed by atoms with Crippen molar-refractivity contribution in [1.82, 2.24) is 0 Å². The third-order valence-corrected chi connectivity index (χ3v) is 17.6. The molecular formula is C33H32Cl2Zr. The second-order valence-electron chi connectivity index (χ2n) is 9.81. The molecule has 6 rings (SSSR count). The van der Waals surface area contributed by atoms with Crippen LogP contribution >= 0.6 is 0 Å². The number of hydrogen-bond donors (Lipinski definition) is 0. The van der Waals surface area contributed by atoms with Gasteiger partial charge >= 0.3 is 203 Å². The molecule has 0 unspecified atom stereocenters. The minimum Gasteiger partial charge on any atom is -1.00 e. The van der Waals surface area contributed by atoms with E-state index in [0.717, 1.165) is 6.42 Å². The fourth-order valence-corrected chi connectivity index (χ4v) is 14.6. The average molecular weight is 591 g/mol. The number of fused-ring (bicyclic) bond motifs is 3. The molecule has 0 aliphatic heterocycles. The Balaban J connectivity index is 0.00000120. The molecule has 0 saturated heterocycles. The Bertz CT molecular complexity index is 1310. The molecule has 0 heterocycles. The molecule has 4 aromatic rings. The van der Waals surface area contributed by atoms with Gasteiger partial charge in [-0.25, -0.2) is 0 Å². The molecule has 4 aromatic carbocycles. The zero-order valence-corrected chi connectivity index (χ0v) is 24.0. The van der Waals surface area contributed by atoms with Gasteiger partial charge in [0.2, 0.25) is 0 Å². The Kier molecular flexibility index (Phi) is 9.05. The minimum atomic E-state index is -2.72. The van der Waals surface area contributed by atoms with Gasteiger partial charge in [0, 0.05) is 0 Å². The van der Waals surface area contributed by atoms with Gasteiger partial charge in [-0.15, -0.1) is 0 Å². The van der Waals surface area contributed by atoms with Gasteiger partial charge in [-0.05, 0) is 0 Å². The van der Waals surface area contributed by atoms with E-state index in [9.17, 15) is 0 Å². The van der Waals surface area contributed by atoms with E-state index in [0.29, 0.717) is 3.63 Å². The Labute approximate surface area is 233 Å². The second-order valence-corrected chi connectivity index (χ2v) is 21.3. The standard InChI is InChI=1S/C25H17.C5H5.CH4.2CH3.2ClH.Zr/c1-3-7-18(8-4-1)20-11-13-24-22(15-20)17-23-16-21(12-14-25(23)24)19-9-5-2-6-10-19;1-2-4-5-3-1;;;;;;/h1-17H;1-3H,4H2;1H4;2*1H3;2*1H;/q;;;;;;;+2/p-2. The van der Waals surface area contributed by atoms with E-state index < -0.39 is 20.3 Å². The van der Waals surface area contributed by atoms with E-state index in [-0.39, 0.29) is 32.2 Å². The monoisotopic (exact) mass is 588 g/mol. The SMILES string of the molecule is C.[CH3][Zr+2]([CH3])([C]1=CC=CC1)[CH]1c2cc(-c3ccccc3)ccc2-c2ccc(-c3ccccc3)cc21.[Cl-].[Cl-]. The number of hydrogen-bond acceptors (Lipinski definition) is 0. The zero-order chi connectivity index (χ0) is 22.4. The van der Waals surface area contributed by atoms with Crippen molar-refractivity contribution in [2.75, 3.05) is 0 Å². The first kappa shape index (κ1) is 28.4. The van der Waals surface area contributed by atoms with E-state index in [1.807, 2.05) is 0 Å². The van der Waals surface area contributed by atoms with Crippen LogP contribution in [0, 0.1) is 0 Å². The molecule has 3 heteroatoms. The van der Waals surface area contributed by atoms with Crippen LogP contribution in [-0.2, 0) is 20.3 Å². The summed E-state index contributed by atoms with van der Waals surface area (Å²) < 4.78 is 7.54. The molecule has 0 atom stereocenters. The van der Waals surface area contributed by atoms with Crippen LogP contribution in [0.15, 0.2) is 119 Å². The zero-order valence-electron chi connectivity index (χ0n) is 20.0. The van der Waals surface area contributed by atoms with E-state index in [4.69, 9.17) is 0 Å². The van der Waals surface area contributed by atoms with Crippen molar-refractivity contribution in [3.05, 3.63) is 130 Å². The summed E-state index contributed by atoms with van der Waals surface area (Å²) >= 11 is -2.72. The number of benzene rings is 4. The summed E-state index contributed by atoms with van der Waals surface area (Å²) in [6.07, 6.45) is 8.17. The Morgan fingerprint density at radius 3 is 1.50 bits per heavy atom. The first-order valence-corrected chi connectivity index (χ1v) is 19.4. The van der Waals surface area contributed by atoms with E-state index in [1.165, 1.54) is 33.4 Å². The van der Waals surface area contributed by atoms with Gasteiger partial charge in [-0.3, -0.25) is 0 Å². The predicted octanol–water partition coefficient (Wildman–Crippen LogP) is 3.83. The molecule has 0 aromatic heterocycles. The van der Waals surface area contributed by atoms with Crippen molar-refractivity contribution in [3.63, 3.8) is 0 Å². The fourth-order valence-electron chi connectivity index (χ4n) is 5.77. The summed E-state index contributed by atoms with van der Waals surface area (Å²) in [6, 6.07) is 36.0. The van der Waals surface area contributed by atoms with Gasteiger partial charge in [0.25, 0.3) is 0 Å². The van der Waals surface area contributed by atoms with E-state index in [1.54, 1.807) is 14.4 Å². The molecule has 0 N–H and O–H groups in total. The predicted molar refractivity (Wildman–Crippen MR) is 145 cm³/mol. The van der Waals surface area contributed by atoms with Gasteiger partial charge in [0.1, 0.15) is 0 Å². The van der Waals surface area contributed by atoms with Crippen LogP contribution in [0.25, 0.3) is 33.4 Å². The van der Waals surface area contributed by atoms with Crippen LogP contribution in [-0.4, -0.2) is 0 Å². The normalized spacial score (nSPS) is 13.1. The van der Waals surface area contributed by atoms with Crippen LogP contribution in [0.5, 0.6) is 0 Å². The van der Waals surface area contributed by atoms with Gasteiger partial charge in [0.15, 0.2) is 0 Å². The van der Waals surface area contributed by atoms with Crippen molar-refractivity contribution < 1.29 is 45.1 Å². The van der Waals surface area contributed by atoms with Crippen molar-refractivity contribution in [1.29, 1.82) is 0 Å². The maximum atomic E-state index is 2.64. The Morgan fingerprint density at radius 2 is 1.08 bits per heavy atom. The third-order valence-electron chi connectivity index (χ3n) is 7.55. The van der Waals surface area contributed by atoms with Gasteiger partial charge in [0.05, 0.1) is 0 Å². The molecule has 0 spiro atoms. The van der Waals surface area contributed by atoms with Gasteiger partial charge in [-0.2, -0.15) is 0 Å². The molecule has 0 amide bonds. The largest absolute Gasteiger partial charge is 1.00 e. The molecule has 182 valence electrons. The Morgan fingerprint density at radius 1 is 0.611 bits per heavy atom. The molecule has 2 aliphatic carbocycles. The van der Waals surface area contributed by atoms with Crippen molar-refractivity contribution in [2.45, 2.75) is 26.7 Å². The minimum absolute atomic E-state index is 0. The number of allylic oxidation sites excluding steroid dienone is 4. The number of halogens is 2.